The predicted octanol–water partition coefficient (Wildman–Crippen LogP) is 4.27. The van der Waals surface area contributed by atoms with E-state index in [1.807, 2.05) is 18.2 Å². The minimum atomic E-state index is 0. The number of nitrogens with one attached hydrogen (secondary N) is 1. The van der Waals surface area contributed by atoms with E-state index >= 15 is 0 Å². The van der Waals surface area contributed by atoms with Crippen LogP contribution in [-0.4, -0.2) is 31.2 Å². The maximum Gasteiger partial charge on any atom is 0.148 e. The van der Waals surface area contributed by atoms with Crippen molar-refractivity contribution in [3.63, 3.8) is 0 Å². The van der Waals surface area contributed by atoms with Crippen molar-refractivity contribution in [3.8, 4) is 11.1 Å². The summed E-state index contributed by atoms with van der Waals surface area (Å²) in [4.78, 5) is 7.06. The zero-order chi connectivity index (χ0) is 17.2. The van der Waals surface area contributed by atoms with Crippen LogP contribution in [0.5, 0.6) is 0 Å². The molecular weight excluding hydrogens is 403 g/mol. The van der Waals surface area contributed by atoms with E-state index in [9.17, 15) is 0 Å². The minimum absolute atomic E-state index is 0. The number of benzene rings is 2. The number of nitrogens with two attached hydrogens (primary N) is 1. The third kappa shape index (κ3) is 4.48. The van der Waals surface area contributed by atoms with Crippen molar-refractivity contribution in [1.29, 1.82) is 0 Å². The van der Waals surface area contributed by atoms with Gasteiger partial charge in [0.15, 0.2) is 0 Å². The number of aromatic nitrogens is 1. The summed E-state index contributed by atoms with van der Waals surface area (Å²) in [5.74, 6) is 0.880. The van der Waals surface area contributed by atoms with Crippen LogP contribution in [0.2, 0.25) is 5.02 Å². The largest absolute Gasteiger partial charge is 0.353 e. The number of fused-ring (bicyclic) bond motifs is 1. The molecule has 2 aromatic carbocycles. The highest BCUT2D eigenvalue weighted by molar-refractivity contribution is 6.33. The van der Waals surface area contributed by atoms with E-state index in [-0.39, 0.29) is 24.8 Å². The Morgan fingerprint density at radius 2 is 1.78 bits per heavy atom. The van der Waals surface area contributed by atoms with Crippen LogP contribution in [0.4, 0.5) is 5.82 Å². The maximum atomic E-state index is 6.55. The summed E-state index contributed by atoms with van der Waals surface area (Å²) < 4.78 is 0. The molecule has 4 rings (SSSR count). The molecule has 1 saturated heterocycles. The Labute approximate surface area is 176 Å². The first-order valence-corrected chi connectivity index (χ1v) is 8.98. The van der Waals surface area contributed by atoms with E-state index in [0.717, 1.165) is 59.6 Å². The highest BCUT2D eigenvalue weighted by Crippen LogP contribution is 2.31. The van der Waals surface area contributed by atoms with Crippen LogP contribution in [0.25, 0.3) is 22.0 Å². The van der Waals surface area contributed by atoms with Crippen molar-refractivity contribution in [1.82, 2.24) is 10.3 Å². The summed E-state index contributed by atoms with van der Waals surface area (Å²) in [5, 5.41) is 5.11. The molecule has 0 saturated carbocycles. The normalized spacial score (nSPS) is 13.8. The van der Waals surface area contributed by atoms with Gasteiger partial charge in [0.2, 0.25) is 0 Å². The van der Waals surface area contributed by atoms with Gasteiger partial charge in [-0.25, -0.2) is 4.98 Å². The fourth-order valence-corrected chi connectivity index (χ4v) is 3.67. The molecule has 0 atom stereocenters. The van der Waals surface area contributed by atoms with Gasteiger partial charge < -0.3 is 16.0 Å². The van der Waals surface area contributed by atoms with Gasteiger partial charge in [-0.1, -0.05) is 41.9 Å². The molecule has 1 aromatic heterocycles. The average molecular weight is 426 g/mol. The Morgan fingerprint density at radius 1 is 1.04 bits per heavy atom. The smallest absolute Gasteiger partial charge is 0.148 e. The van der Waals surface area contributed by atoms with Crippen LogP contribution in [0.3, 0.4) is 0 Å². The van der Waals surface area contributed by atoms with E-state index in [1.54, 1.807) is 0 Å². The number of halogens is 3. The zero-order valence-electron chi connectivity index (χ0n) is 14.8. The molecule has 4 nitrogen and oxygen atoms in total. The molecular formula is C20H23Cl3N4. The van der Waals surface area contributed by atoms with Gasteiger partial charge in [0.05, 0.1) is 10.5 Å². The molecule has 0 bridgehead atoms. The lowest BCUT2D eigenvalue weighted by Gasteiger charge is -2.29. The molecule has 0 unspecified atom stereocenters. The standard InChI is InChI=1S/C20H21ClN4.2ClH/c21-18-12-16-11-14(17-4-2-1-3-15(17)13-22)5-6-19(16)24-20(18)25-9-7-23-8-10-25;;/h1-6,11-12,23H,7-10,13,22H2;2*1H. The van der Waals surface area contributed by atoms with Gasteiger partial charge in [-0.15, -0.1) is 24.8 Å². The number of nitrogens with zero attached hydrogens (tertiary/aromatic N) is 2. The van der Waals surface area contributed by atoms with Gasteiger partial charge >= 0.3 is 0 Å². The van der Waals surface area contributed by atoms with Crippen LogP contribution in [0, 0.1) is 0 Å². The van der Waals surface area contributed by atoms with E-state index < -0.39 is 0 Å². The molecule has 1 aliphatic rings. The minimum Gasteiger partial charge on any atom is -0.353 e. The second-order valence-corrected chi connectivity index (χ2v) is 6.71. The van der Waals surface area contributed by atoms with Gasteiger partial charge in [-0.2, -0.15) is 0 Å². The van der Waals surface area contributed by atoms with Gasteiger partial charge in [0, 0.05) is 38.1 Å². The lowest BCUT2D eigenvalue weighted by molar-refractivity contribution is 0.585. The predicted molar refractivity (Wildman–Crippen MR) is 120 cm³/mol. The number of hydrogen-bond donors (Lipinski definition) is 2. The first-order valence-electron chi connectivity index (χ1n) is 8.60. The summed E-state index contributed by atoms with van der Waals surface area (Å²) in [7, 11) is 0. The molecule has 0 spiro atoms. The van der Waals surface area contributed by atoms with Crippen molar-refractivity contribution < 1.29 is 0 Å². The highest BCUT2D eigenvalue weighted by atomic mass is 35.5. The van der Waals surface area contributed by atoms with Crippen LogP contribution >= 0.6 is 36.4 Å². The fraction of sp³-hybridized carbons (Fsp3) is 0.250. The summed E-state index contributed by atoms with van der Waals surface area (Å²) >= 11 is 6.55. The summed E-state index contributed by atoms with van der Waals surface area (Å²) in [6.07, 6.45) is 0. The van der Waals surface area contributed by atoms with Crippen LogP contribution in [0.15, 0.2) is 48.5 Å². The van der Waals surface area contributed by atoms with E-state index in [0.29, 0.717) is 11.6 Å². The molecule has 1 aliphatic heterocycles. The summed E-state index contributed by atoms with van der Waals surface area (Å²) in [6.45, 7) is 4.31. The molecule has 0 amide bonds. The van der Waals surface area contributed by atoms with Crippen molar-refractivity contribution >= 4 is 53.1 Å². The quantitative estimate of drug-likeness (QED) is 0.658. The molecule has 7 heteroatoms. The second-order valence-electron chi connectivity index (χ2n) is 6.30. The SMILES string of the molecule is Cl.Cl.NCc1ccccc1-c1ccc2nc(N3CCNCC3)c(Cl)cc2c1. The van der Waals surface area contributed by atoms with Gasteiger partial charge in [-0.05, 0) is 34.9 Å². The van der Waals surface area contributed by atoms with Crippen molar-refractivity contribution in [2.45, 2.75) is 6.54 Å². The third-order valence-corrected chi connectivity index (χ3v) is 4.99. The molecule has 0 aliphatic carbocycles. The molecule has 0 radical (unpaired) electrons. The topological polar surface area (TPSA) is 54.2 Å². The van der Waals surface area contributed by atoms with E-state index in [1.165, 1.54) is 0 Å². The number of piperazine rings is 1. The molecule has 2 heterocycles. The highest BCUT2D eigenvalue weighted by Gasteiger charge is 2.16. The monoisotopic (exact) mass is 424 g/mol. The van der Waals surface area contributed by atoms with Crippen molar-refractivity contribution in [3.05, 3.63) is 59.1 Å². The Bertz CT molecular complexity index is 911. The number of anilines is 1. The Hall–Kier alpha value is -1.56. The van der Waals surface area contributed by atoms with Gasteiger partial charge in [-0.3, -0.25) is 0 Å². The fourth-order valence-electron chi connectivity index (χ4n) is 3.39. The molecule has 27 heavy (non-hydrogen) atoms. The lowest BCUT2D eigenvalue weighted by Crippen LogP contribution is -2.44. The number of pyridine rings is 1. The Kier molecular flexibility index (Phi) is 7.71. The first-order chi connectivity index (χ1) is 12.3. The molecule has 144 valence electrons. The maximum absolute atomic E-state index is 6.55. The molecule has 3 N–H and O–H groups in total. The average Bonchev–Trinajstić information content (AvgIpc) is 2.67. The number of rotatable bonds is 3. The Balaban J connectivity index is 0.00000131. The molecule has 1 fully saturated rings. The Morgan fingerprint density at radius 3 is 2.52 bits per heavy atom. The summed E-state index contributed by atoms with van der Waals surface area (Å²) in [6, 6.07) is 16.6. The first kappa shape index (κ1) is 21.7. The molecule has 3 aromatic rings. The summed E-state index contributed by atoms with van der Waals surface area (Å²) in [5.41, 5.74) is 10.3. The van der Waals surface area contributed by atoms with Crippen LogP contribution < -0.4 is 16.0 Å². The van der Waals surface area contributed by atoms with Gasteiger partial charge in [0.1, 0.15) is 5.82 Å². The van der Waals surface area contributed by atoms with E-state index in [4.69, 9.17) is 22.3 Å². The van der Waals surface area contributed by atoms with Crippen LogP contribution in [0.1, 0.15) is 5.56 Å². The lowest BCUT2D eigenvalue weighted by atomic mass is 9.98. The zero-order valence-corrected chi connectivity index (χ0v) is 17.2. The second kappa shape index (κ2) is 9.58. The van der Waals surface area contributed by atoms with E-state index in [2.05, 4.69) is 40.5 Å². The van der Waals surface area contributed by atoms with Crippen molar-refractivity contribution in [2.24, 2.45) is 5.73 Å². The van der Waals surface area contributed by atoms with Crippen LogP contribution in [-0.2, 0) is 6.54 Å². The number of hydrogen-bond acceptors (Lipinski definition) is 4. The third-order valence-electron chi connectivity index (χ3n) is 4.71. The van der Waals surface area contributed by atoms with Crippen molar-refractivity contribution in [2.75, 3.05) is 31.1 Å². The van der Waals surface area contributed by atoms with Gasteiger partial charge in [0.25, 0.3) is 0 Å².